The summed E-state index contributed by atoms with van der Waals surface area (Å²) < 4.78 is 40.8. The Morgan fingerprint density at radius 2 is 2.14 bits per heavy atom. The van der Waals surface area contributed by atoms with Gasteiger partial charge in [-0.3, -0.25) is 4.79 Å². The second kappa shape index (κ2) is 7.51. The Bertz CT molecular complexity index is 493. The molecule has 0 heterocycles. The van der Waals surface area contributed by atoms with Gasteiger partial charge in [0, 0.05) is 6.04 Å². The van der Waals surface area contributed by atoms with E-state index in [4.69, 9.17) is 22.1 Å². The molecule has 0 saturated carbocycles. The maximum atomic E-state index is 11.9. The third-order valence-corrected chi connectivity index (χ3v) is 2.69. The van der Waals surface area contributed by atoms with Gasteiger partial charge in [-0.1, -0.05) is 17.7 Å². The quantitative estimate of drug-likeness (QED) is 0.844. The van der Waals surface area contributed by atoms with Crippen LogP contribution in [0.4, 0.5) is 13.2 Å². The Morgan fingerprint density at radius 1 is 1.48 bits per heavy atom. The molecule has 3 N–H and O–H groups in total. The van der Waals surface area contributed by atoms with Gasteiger partial charge in [0.05, 0.1) is 5.02 Å². The lowest BCUT2D eigenvalue weighted by Crippen LogP contribution is -2.36. The van der Waals surface area contributed by atoms with E-state index < -0.39 is 25.2 Å². The summed E-state index contributed by atoms with van der Waals surface area (Å²) in [7, 11) is 0. The van der Waals surface area contributed by atoms with Crippen molar-refractivity contribution < 1.29 is 22.7 Å². The summed E-state index contributed by atoms with van der Waals surface area (Å²) in [5, 5.41) is 1.98. The number of hydrogen-bond donors (Lipinski definition) is 2. The van der Waals surface area contributed by atoms with Crippen molar-refractivity contribution in [3.05, 3.63) is 28.8 Å². The van der Waals surface area contributed by atoms with E-state index in [-0.39, 0.29) is 16.8 Å². The summed E-state index contributed by atoms with van der Waals surface area (Å²) in [5.41, 5.74) is 6.57. The molecule has 21 heavy (non-hydrogen) atoms. The number of carbonyl (C=O) groups is 1. The number of benzene rings is 1. The molecule has 0 fully saturated rings. The Labute approximate surface area is 125 Å². The fourth-order valence-corrected chi connectivity index (χ4v) is 1.81. The van der Waals surface area contributed by atoms with E-state index in [2.05, 4.69) is 0 Å². The smallest absolute Gasteiger partial charge is 0.405 e. The maximum Gasteiger partial charge on any atom is 0.405 e. The standard InChI is InChI=1S/C13H16ClF3N2O2/c1-8(18)4-9-2-3-11(10(14)5-9)21-6-12(20)19-7-13(15,16)17/h2-3,5,8H,4,6-7,18H2,1H3,(H,19,20). The number of alkyl halides is 3. The Morgan fingerprint density at radius 3 is 2.67 bits per heavy atom. The first kappa shape index (κ1) is 17.6. The Hall–Kier alpha value is -1.47. The molecule has 0 aliphatic carbocycles. The molecule has 0 aliphatic heterocycles. The number of rotatable bonds is 6. The Kier molecular flexibility index (Phi) is 6.29. The summed E-state index contributed by atoms with van der Waals surface area (Å²) >= 11 is 5.97. The zero-order valence-corrected chi connectivity index (χ0v) is 12.1. The third-order valence-electron chi connectivity index (χ3n) is 2.40. The van der Waals surface area contributed by atoms with Crippen molar-refractivity contribution in [1.29, 1.82) is 0 Å². The molecule has 0 radical (unpaired) electrons. The van der Waals surface area contributed by atoms with Crippen LogP contribution >= 0.6 is 11.6 Å². The van der Waals surface area contributed by atoms with Gasteiger partial charge in [0.25, 0.3) is 5.91 Å². The zero-order chi connectivity index (χ0) is 16.0. The van der Waals surface area contributed by atoms with Crippen LogP contribution in [0.5, 0.6) is 5.75 Å². The number of carbonyl (C=O) groups excluding carboxylic acids is 1. The molecule has 1 aromatic carbocycles. The molecule has 0 aliphatic rings. The van der Waals surface area contributed by atoms with E-state index in [0.29, 0.717) is 6.42 Å². The Balaban J connectivity index is 2.50. The summed E-state index contributed by atoms with van der Waals surface area (Å²) in [5.74, 6) is -0.643. The fourth-order valence-electron chi connectivity index (χ4n) is 1.55. The molecule has 0 spiro atoms. The van der Waals surface area contributed by atoms with Crippen LogP contribution < -0.4 is 15.8 Å². The average Bonchev–Trinajstić information content (AvgIpc) is 2.33. The van der Waals surface area contributed by atoms with Gasteiger partial charge in [0.15, 0.2) is 6.61 Å². The number of hydrogen-bond acceptors (Lipinski definition) is 3. The molecular weight excluding hydrogens is 309 g/mol. The molecule has 1 amide bonds. The minimum Gasteiger partial charge on any atom is -0.482 e. The highest BCUT2D eigenvalue weighted by Crippen LogP contribution is 2.25. The molecule has 1 atom stereocenters. The van der Waals surface area contributed by atoms with Crippen LogP contribution in [0.2, 0.25) is 5.02 Å². The topological polar surface area (TPSA) is 64.3 Å². The molecule has 1 unspecified atom stereocenters. The highest BCUT2D eigenvalue weighted by Gasteiger charge is 2.27. The van der Waals surface area contributed by atoms with Crippen molar-refractivity contribution >= 4 is 17.5 Å². The van der Waals surface area contributed by atoms with E-state index in [1.807, 2.05) is 6.92 Å². The molecule has 0 aromatic heterocycles. The van der Waals surface area contributed by atoms with Crippen LogP contribution in [-0.2, 0) is 11.2 Å². The predicted molar refractivity (Wildman–Crippen MR) is 73.4 cm³/mol. The van der Waals surface area contributed by atoms with Gasteiger partial charge < -0.3 is 15.8 Å². The van der Waals surface area contributed by atoms with Crippen molar-refractivity contribution in [2.45, 2.75) is 25.6 Å². The van der Waals surface area contributed by atoms with Crippen molar-refractivity contribution in [3.63, 3.8) is 0 Å². The molecule has 1 rings (SSSR count). The molecule has 118 valence electrons. The monoisotopic (exact) mass is 324 g/mol. The number of ether oxygens (including phenoxy) is 1. The van der Waals surface area contributed by atoms with E-state index in [1.54, 1.807) is 23.5 Å². The van der Waals surface area contributed by atoms with E-state index >= 15 is 0 Å². The van der Waals surface area contributed by atoms with Crippen molar-refractivity contribution in [1.82, 2.24) is 5.32 Å². The summed E-state index contributed by atoms with van der Waals surface area (Å²) in [6.07, 6.45) is -3.82. The molecule has 1 aromatic rings. The van der Waals surface area contributed by atoms with Gasteiger partial charge in [-0.25, -0.2) is 0 Å². The van der Waals surface area contributed by atoms with Gasteiger partial charge in [0.1, 0.15) is 12.3 Å². The van der Waals surface area contributed by atoms with E-state index in [0.717, 1.165) is 5.56 Å². The van der Waals surface area contributed by atoms with Crippen LogP contribution in [-0.4, -0.2) is 31.3 Å². The first-order valence-electron chi connectivity index (χ1n) is 6.17. The van der Waals surface area contributed by atoms with Gasteiger partial charge in [-0.15, -0.1) is 0 Å². The number of amides is 1. The SMILES string of the molecule is CC(N)Cc1ccc(OCC(=O)NCC(F)(F)F)c(Cl)c1. The lowest BCUT2D eigenvalue weighted by Gasteiger charge is -2.11. The van der Waals surface area contributed by atoms with Crippen molar-refractivity contribution in [3.8, 4) is 5.75 Å². The number of nitrogens with one attached hydrogen (secondary N) is 1. The van der Waals surface area contributed by atoms with Crippen LogP contribution in [0.15, 0.2) is 18.2 Å². The second-order valence-electron chi connectivity index (χ2n) is 4.63. The lowest BCUT2D eigenvalue weighted by molar-refractivity contribution is -0.139. The van der Waals surface area contributed by atoms with Crippen molar-refractivity contribution in [2.24, 2.45) is 5.73 Å². The van der Waals surface area contributed by atoms with E-state index in [9.17, 15) is 18.0 Å². The molecule has 0 bridgehead atoms. The van der Waals surface area contributed by atoms with Gasteiger partial charge in [-0.2, -0.15) is 13.2 Å². The van der Waals surface area contributed by atoms with Crippen LogP contribution in [0.3, 0.4) is 0 Å². The van der Waals surface area contributed by atoms with Crippen molar-refractivity contribution in [2.75, 3.05) is 13.2 Å². The first-order chi connectivity index (χ1) is 9.67. The zero-order valence-electron chi connectivity index (χ0n) is 11.3. The highest BCUT2D eigenvalue weighted by atomic mass is 35.5. The van der Waals surface area contributed by atoms with Crippen LogP contribution in [0.1, 0.15) is 12.5 Å². The molecule has 4 nitrogen and oxygen atoms in total. The summed E-state index contributed by atoms with van der Waals surface area (Å²) in [6, 6.07) is 4.91. The summed E-state index contributed by atoms with van der Waals surface area (Å²) in [6.45, 7) is -0.0814. The predicted octanol–water partition coefficient (Wildman–Crippen LogP) is 2.29. The minimum absolute atomic E-state index is 0.0269. The molecule has 8 heteroatoms. The highest BCUT2D eigenvalue weighted by molar-refractivity contribution is 6.32. The fraction of sp³-hybridized carbons (Fsp3) is 0.462. The molecule has 0 saturated heterocycles. The summed E-state index contributed by atoms with van der Waals surface area (Å²) in [4.78, 5) is 11.2. The van der Waals surface area contributed by atoms with Gasteiger partial charge >= 0.3 is 6.18 Å². The largest absolute Gasteiger partial charge is 0.482 e. The minimum atomic E-state index is -4.45. The van der Waals surface area contributed by atoms with Crippen LogP contribution in [0, 0.1) is 0 Å². The van der Waals surface area contributed by atoms with Gasteiger partial charge in [-0.05, 0) is 31.0 Å². The lowest BCUT2D eigenvalue weighted by atomic mass is 10.1. The van der Waals surface area contributed by atoms with Gasteiger partial charge in [0.2, 0.25) is 0 Å². The first-order valence-corrected chi connectivity index (χ1v) is 6.55. The average molecular weight is 325 g/mol. The number of halogens is 4. The normalized spacial score (nSPS) is 12.9. The van der Waals surface area contributed by atoms with E-state index in [1.165, 1.54) is 0 Å². The second-order valence-corrected chi connectivity index (χ2v) is 5.03. The molecular formula is C13H16ClF3N2O2. The van der Waals surface area contributed by atoms with Crippen LogP contribution in [0.25, 0.3) is 0 Å². The third kappa shape index (κ3) is 7.19. The number of nitrogens with two attached hydrogens (primary N) is 1. The maximum absolute atomic E-state index is 11.9.